The quantitative estimate of drug-likeness (QED) is 0.730. The Morgan fingerprint density at radius 1 is 1.12 bits per heavy atom. The molecular formula is C21H19N3O2. The first kappa shape index (κ1) is 16.3. The van der Waals surface area contributed by atoms with Gasteiger partial charge in [-0.3, -0.25) is 14.6 Å². The molecule has 0 fully saturated rings. The first-order chi connectivity index (χ1) is 12.5. The van der Waals surface area contributed by atoms with Crippen LogP contribution in [0.15, 0.2) is 54.6 Å². The van der Waals surface area contributed by atoms with E-state index in [1.165, 1.54) is 0 Å². The molecule has 130 valence electrons. The van der Waals surface area contributed by atoms with Crippen molar-refractivity contribution in [1.29, 1.82) is 0 Å². The van der Waals surface area contributed by atoms with Crippen LogP contribution in [0.1, 0.15) is 23.0 Å². The van der Waals surface area contributed by atoms with Gasteiger partial charge in [-0.1, -0.05) is 37.3 Å². The van der Waals surface area contributed by atoms with Crippen molar-refractivity contribution in [2.75, 3.05) is 16.8 Å². The zero-order chi connectivity index (χ0) is 18.3. The van der Waals surface area contributed by atoms with Gasteiger partial charge in [-0.15, -0.1) is 0 Å². The smallest absolute Gasteiger partial charge is 0.260 e. The van der Waals surface area contributed by atoms with Crippen LogP contribution in [0.4, 0.5) is 11.4 Å². The Kier molecular flexibility index (Phi) is 3.92. The van der Waals surface area contributed by atoms with Gasteiger partial charge in [0.15, 0.2) is 0 Å². The van der Waals surface area contributed by atoms with Gasteiger partial charge in [-0.2, -0.15) is 0 Å². The number of nitrogens with zero attached hydrogens (tertiary/aromatic N) is 2. The number of rotatable bonds is 1. The van der Waals surface area contributed by atoms with Gasteiger partial charge in [-0.05, 0) is 31.2 Å². The maximum Gasteiger partial charge on any atom is 0.260 e. The van der Waals surface area contributed by atoms with E-state index in [-0.39, 0.29) is 17.7 Å². The number of carbonyl (C=O) groups is 2. The molecule has 0 spiro atoms. The molecule has 0 radical (unpaired) electrons. The molecular weight excluding hydrogens is 326 g/mol. The van der Waals surface area contributed by atoms with Crippen molar-refractivity contribution in [2.24, 2.45) is 5.92 Å². The van der Waals surface area contributed by atoms with Gasteiger partial charge >= 0.3 is 0 Å². The number of para-hydroxylation sites is 3. The lowest BCUT2D eigenvalue weighted by atomic mass is 10.1. The first-order valence-corrected chi connectivity index (χ1v) is 8.63. The Morgan fingerprint density at radius 3 is 2.77 bits per heavy atom. The molecule has 0 bridgehead atoms. The van der Waals surface area contributed by atoms with Crippen LogP contribution in [-0.2, 0) is 4.79 Å². The maximum atomic E-state index is 13.4. The number of fused-ring (bicyclic) bond motifs is 2. The summed E-state index contributed by atoms with van der Waals surface area (Å²) in [5.74, 6) is -0.542. The number of aryl methyl sites for hydroxylation is 1. The van der Waals surface area contributed by atoms with Gasteiger partial charge in [-0.25, -0.2) is 0 Å². The molecule has 2 heterocycles. The highest BCUT2D eigenvalue weighted by molar-refractivity contribution is 6.15. The predicted octanol–water partition coefficient (Wildman–Crippen LogP) is 3.78. The van der Waals surface area contributed by atoms with Gasteiger partial charge in [0.25, 0.3) is 5.91 Å². The topological polar surface area (TPSA) is 62.3 Å². The predicted molar refractivity (Wildman–Crippen MR) is 102 cm³/mol. The molecule has 5 heteroatoms. The van der Waals surface area contributed by atoms with E-state index in [9.17, 15) is 9.59 Å². The van der Waals surface area contributed by atoms with Gasteiger partial charge < -0.3 is 10.2 Å². The molecule has 0 unspecified atom stereocenters. The number of pyridine rings is 1. The molecule has 3 aromatic rings. The van der Waals surface area contributed by atoms with E-state index in [4.69, 9.17) is 0 Å². The lowest BCUT2D eigenvalue weighted by Crippen LogP contribution is -2.36. The summed E-state index contributed by atoms with van der Waals surface area (Å²) < 4.78 is 0. The van der Waals surface area contributed by atoms with Gasteiger partial charge in [0.05, 0.1) is 28.4 Å². The third-order valence-electron chi connectivity index (χ3n) is 4.69. The Morgan fingerprint density at radius 2 is 1.92 bits per heavy atom. The second-order valence-corrected chi connectivity index (χ2v) is 6.65. The number of aromatic nitrogens is 1. The summed E-state index contributed by atoms with van der Waals surface area (Å²) in [6.07, 6.45) is 0. The van der Waals surface area contributed by atoms with E-state index in [1.54, 1.807) is 11.0 Å². The fraction of sp³-hybridized carbons (Fsp3) is 0.190. The normalized spacial score (nSPS) is 16.8. The van der Waals surface area contributed by atoms with Crippen molar-refractivity contribution >= 4 is 34.1 Å². The third-order valence-corrected chi connectivity index (χ3v) is 4.69. The van der Waals surface area contributed by atoms with E-state index < -0.39 is 0 Å². The number of hydrogen-bond donors (Lipinski definition) is 1. The van der Waals surface area contributed by atoms with Crippen molar-refractivity contribution in [2.45, 2.75) is 13.8 Å². The molecule has 2 aromatic carbocycles. The second-order valence-electron chi connectivity index (χ2n) is 6.65. The van der Waals surface area contributed by atoms with Gasteiger partial charge in [0.2, 0.25) is 5.91 Å². The highest BCUT2D eigenvalue weighted by atomic mass is 16.2. The van der Waals surface area contributed by atoms with Crippen LogP contribution in [0.2, 0.25) is 0 Å². The molecule has 4 rings (SSSR count). The average Bonchev–Trinajstić information content (AvgIpc) is 2.77. The number of benzene rings is 2. The summed E-state index contributed by atoms with van der Waals surface area (Å²) in [5.41, 5.74) is 3.45. The van der Waals surface area contributed by atoms with Crippen molar-refractivity contribution < 1.29 is 9.59 Å². The van der Waals surface area contributed by atoms with Gasteiger partial charge in [0.1, 0.15) is 0 Å². The van der Waals surface area contributed by atoms with Crippen LogP contribution in [0.5, 0.6) is 0 Å². The molecule has 1 aromatic heterocycles. The summed E-state index contributed by atoms with van der Waals surface area (Å²) in [5, 5.41) is 3.83. The molecule has 1 aliphatic rings. The number of hydrogen-bond acceptors (Lipinski definition) is 3. The summed E-state index contributed by atoms with van der Waals surface area (Å²) in [4.78, 5) is 32.0. The lowest BCUT2D eigenvalue weighted by molar-refractivity contribution is -0.119. The van der Waals surface area contributed by atoms with Crippen molar-refractivity contribution in [3.8, 4) is 0 Å². The van der Waals surface area contributed by atoms with E-state index in [0.717, 1.165) is 11.1 Å². The standard InChI is InChI=1S/C21H19N3O2/c1-13-12-24(18-9-4-3-8-17(18)23-20(13)25)21(26)16-7-5-6-15-11-10-14(2)22-19(15)16/h3-11,13H,12H2,1-2H3,(H,23,25)/t13-/m1/s1. The fourth-order valence-corrected chi connectivity index (χ4v) is 3.28. The monoisotopic (exact) mass is 345 g/mol. The summed E-state index contributed by atoms with van der Waals surface area (Å²) in [7, 11) is 0. The highest BCUT2D eigenvalue weighted by Gasteiger charge is 2.30. The number of anilines is 2. The number of carbonyl (C=O) groups excluding carboxylic acids is 2. The molecule has 2 amide bonds. The van der Waals surface area contributed by atoms with Crippen LogP contribution in [0, 0.1) is 12.8 Å². The molecule has 1 atom stereocenters. The van der Waals surface area contributed by atoms with Crippen LogP contribution < -0.4 is 10.2 Å². The Labute approximate surface area is 151 Å². The summed E-state index contributed by atoms with van der Waals surface area (Å²) >= 11 is 0. The first-order valence-electron chi connectivity index (χ1n) is 8.63. The van der Waals surface area contributed by atoms with E-state index in [0.29, 0.717) is 29.0 Å². The molecule has 0 saturated heterocycles. The molecule has 26 heavy (non-hydrogen) atoms. The zero-order valence-corrected chi connectivity index (χ0v) is 14.7. The highest BCUT2D eigenvalue weighted by Crippen LogP contribution is 2.32. The second kappa shape index (κ2) is 6.26. The zero-order valence-electron chi connectivity index (χ0n) is 14.7. The Balaban J connectivity index is 1.86. The summed E-state index contributed by atoms with van der Waals surface area (Å²) in [6, 6.07) is 16.9. The average molecular weight is 345 g/mol. The van der Waals surface area contributed by atoms with Crippen LogP contribution in [0.25, 0.3) is 10.9 Å². The number of nitrogens with one attached hydrogen (secondary N) is 1. The molecule has 0 aliphatic carbocycles. The van der Waals surface area contributed by atoms with Gasteiger partial charge in [0, 0.05) is 17.6 Å². The SMILES string of the molecule is Cc1ccc2cccc(C(=O)N3C[C@@H](C)C(=O)Nc4ccccc43)c2n1. The molecule has 0 saturated carbocycles. The van der Waals surface area contributed by atoms with Crippen LogP contribution in [0.3, 0.4) is 0 Å². The third kappa shape index (κ3) is 2.71. The van der Waals surface area contributed by atoms with Crippen LogP contribution in [-0.4, -0.2) is 23.3 Å². The van der Waals surface area contributed by atoms with E-state index in [1.807, 2.05) is 62.4 Å². The van der Waals surface area contributed by atoms with E-state index >= 15 is 0 Å². The Bertz CT molecular complexity index is 1030. The summed E-state index contributed by atoms with van der Waals surface area (Å²) in [6.45, 7) is 4.06. The Hall–Kier alpha value is -3.21. The molecule has 5 nitrogen and oxygen atoms in total. The number of amides is 2. The minimum absolute atomic E-state index is 0.0837. The van der Waals surface area contributed by atoms with Crippen LogP contribution >= 0.6 is 0 Å². The van der Waals surface area contributed by atoms with E-state index in [2.05, 4.69) is 10.3 Å². The fourth-order valence-electron chi connectivity index (χ4n) is 3.28. The van der Waals surface area contributed by atoms with Crippen molar-refractivity contribution in [3.05, 3.63) is 65.9 Å². The largest absolute Gasteiger partial charge is 0.324 e. The molecule has 1 N–H and O–H groups in total. The van der Waals surface area contributed by atoms with Crippen molar-refractivity contribution in [3.63, 3.8) is 0 Å². The minimum atomic E-state index is -0.309. The maximum absolute atomic E-state index is 13.4. The molecule has 1 aliphatic heterocycles. The lowest BCUT2D eigenvalue weighted by Gasteiger charge is -2.24. The van der Waals surface area contributed by atoms with Crippen molar-refractivity contribution in [1.82, 2.24) is 4.98 Å². The minimum Gasteiger partial charge on any atom is -0.324 e.